The summed E-state index contributed by atoms with van der Waals surface area (Å²) >= 11 is 0. The summed E-state index contributed by atoms with van der Waals surface area (Å²) < 4.78 is 18.6. The van der Waals surface area contributed by atoms with Gasteiger partial charge in [0.25, 0.3) is 0 Å². The van der Waals surface area contributed by atoms with Crippen LogP contribution < -0.4 is 0 Å². The van der Waals surface area contributed by atoms with Gasteiger partial charge in [0.05, 0.1) is 13.2 Å². The first-order valence-electron chi connectivity index (χ1n) is 10.9. The minimum Gasteiger partial charge on any atom is -0.415 e. The quantitative estimate of drug-likeness (QED) is 0.204. The largest absolute Gasteiger partial charge is 0.415 e. The molecular weight excluding hydrogens is 392 g/mol. The summed E-state index contributed by atoms with van der Waals surface area (Å²) in [6.45, 7) is 22.6. The molecule has 0 unspecified atom stereocenters. The standard InChI is InChI=1S/C24H46O3Si2/c1-21(2)13-11-15-23(5)17-19-25-28(7,8)27-29(9,10)26-20-18-24(6)16-12-14-22(3)4/h13-14,17-18H,11-12,15-16,19-20H2,1-10H3/b23-17-,24-18-. The van der Waals surface area contributed by atoms with Crippen molar-refractivity contribution >= 4 is 17.1 Å². The molecule has 0 aromatic rings. The van der Waals surface area contributed by atoms with Gasteiger partial charge in [-0.3, -0.25) is 0 Å². The number of rotatable bonds is 14. The molecule has 0 spiro atoms. The Hall–Kier alpha value is -0.726. The Kier molecular flexibility index (Phi) is 14.0. The first-order chi connectivity index (χ1) is 13.3. The monoisotopic (exact) mass is 438 g/mol. The molecule has 0 rings (SSSR count). The van der Waals surface area contributed by atoms with Crippen molar-refractivity contribution in [3.05, 3.63) is 46.6 Å². The maximum Gasteiger partial charge on any atom is 0.323 e. The summed E-state index contributed by atoms with van der Waals surface area (Å²) in [6.07, 6.45) is 13.3. The van der Waals surface area contributed by atoms with E-state index in [0.29, 0.717) is 13.2 Å². The second-order valence-corrected chi connectivity index (χ2v) is 16.3. The van der Waals surface area contributed by atoms with Gasteiger partial charge < -0.3 is 13.0 Å². The van der Waals surface area contributed by atoms with Gasteiger partial charge in [-0.2, -0.15) is 0 Å². The molecule has 0 aliphatic rings. The second-order valence-electron chi connectivity index (χ2n) is 9.26. The van der Waals surface area contributed by atoms with E-state index in [9.17, 15) is 0 Å². The van der Waals surface area contributed by atoms with Gasteiger partial charge in [0.1, 0.15) is 0 Å². The molecule has 0 radical (unpaired) electrons. The summed E-state index contributed by atoms with van der Waals surface area (Å²) in [5, 5.41) is 0. The molecular formula is C24H46O3Si2. The van der Waals surface area contributed by atoms with Crippen molar-refractivity contribution in [3.8, 4) is 0 Å². The van der Waals surface area contributed by atoms with E-state index in [4.69, 9.17) is 13.0 Å². The van der Waals surface area contributed by atoms with Crippen molar-refractivity contribution in [2.45, 2.75) is 93.4 Å². The summed E-state index contributed by atoms with van der Waals surface area (Å²) in [5.74, 6) is 0. The van der Waals surface area contributed by atoms with Crippen LogP contribution in [0.3, 0.4) is 0 Å². The number of allylic oxidation sites excluding steroid dienone is 6. The molecule has 0 N–H and O–H groups in total. The van der Waals surface area contributed by atoms with Gasteiger partial charge >= 0.3 is 17.1 Å². The smallest absolute Gasteiger partial charge is 0.323 e. The summed E-state index contributed by atoms with van der Waals surface area (Å²) in [4.78, 5) is 0. The fraction of sp³-hybridized carbons (Fsp3) is 0.667. The number of hydrogen-bond acceptors (Lipinski definition) is 3. The third-order valence-electron chi connectivity index (χ3n) is 4.40. The molecule has 0 saturated heterocycles. The lowest BCUT2D eigenvalue weighted by atomic mass is 10.1. The van der Waals surface area contributed by atoms with E-state index in [2.05, 4.69) is 92.0 Å². The highest BCUT2D eigenvalue weighted by Crippen LogP contribution is 2.18. The zero-order valence-electron chi connectivity index (χ0n) is 20.8. The fourth-order valence-corrected chi connectivity index (χ4v) is 8.98. The third kappa shape index (κ3) is 17.8. The van der Waals surface area contributed by atoms with Crippen LogP contribution in [0, 0.1) is 0 Å². The van der Waals surface area contributed by atoms with Crippen LogP contribution >= 0.6 is 0 Å². The Balaban J connectivity index is 4.39. The van der Waals surface area contributed by atoms with Crippen molar-refractivity contribution in [3.63, 3.8) is 0 Å². The first kappa shape index (κ1) is 28.3. The Bertz CT molecular complexity index is 539. The Morgan fingerprint density at radius 1 is 0.586 bits per heavy atom. The SMILES string of the molecule is CC(C)=CCC/C(C)=C\CO[Si](C)(C)O[Si](C)(C)OC/C=C(/C)CCC=C(C)C. The van der Waals surface area contributed by atoms with Crippen LogP contribution in [-0.2, 0) is 13.0 Å². The molecule has 0 aromatic carbocycles. The van der Waals surface area contributed by atoms with Crippen molar-refractivity contribution in [2.75, 3.05) is 13.2 Å². The molecule has 168 valence electrons. The molecule has 0 aromatic heterocycles. The third-order valence-corrected chi connectivity index (χ3v) is 10.1. The van der Waals surface area contributed by atoms with Gasteiger partial charge in [0.15, 0.2) is 0 Å². The van der Waals surface area contributed by atoms with E-state index in [1.165, 1.54) is 22.3 Å². The van der Waals surface area contributed by atoms with Crippen molar-refractivity contribution < 1.29 is 13.0 Å². The van der Waals surface area contributed by atoms with Gasteiger partial charge in [-0.25, -0.2) is 0 Å². The zero-order chi connectivity index (χ0) is 22.5. The van der Waals surface area contributed by atoms with Crippen LogP contribution in [0.5, 0.6) is 0 Å². The molecule has 0 amide bonds. The number of hydrogen-bond donors (Lipinski definition) is 0. The zero-order valence-corrected chi connectivity index (χ0v) is 22.8. The average molecular weight is 439 g/mol. The van der Waals surface area contributed by atoms with Crippen LogP contribution in [-0.4, -0.2) is 30.3 Å². The highest BCUT2D eigenvalue weighted by molar-refractivity contribution is 6.78. The molecule has 0 heterocycles. The molecule has 5 heteroatoms. The van der Waals surface area contributed by atoms with E-state index < -0.39 is 17.1 Å². The van der Waals surface area contributed by atoms with Gasteiger partial charge in [0.2, 0.25) is 0 Å². The van der Waals surface area contributed by atoms with Gasteiger partial charge in [-0.1, -0.05) is 46.6 Å². The Morgan fingerprint density at radius 3 is 1.24 bits per heavy atom. The van der Waals surface area contributed by atoms with Gasteiger partial charge in [-0.05, 0) is 93.4 Å². The van der Waals surface area contributed by atoms with Gasteiger partial charge in [-0.15, -0.1) is 0 Å². The molecule has 0 saturated carbocycles. The van der Waals surface area contributed by atoms with Crippen LogP contribution in [0.25, 0.3) is 0 Å². The molecule has 3 nitrogen and oxygen atoms in total. The van der Waals surface area contributed by atoms with E-state index >= 15 is 0 Å². The molecule has 29 heavy (non-hydrogen) atoms. The van der Waals surface area contributed by atoms with Gasteiger partial charge in [0, 0.05) is 0 Å². The Labute approximate surface area is 183 Å². The Morgan fingerprint density at radius 2 is 0.931 bits per heavy atom. The van der Waals surface area contributed by atoms with E-state index in [1.807, 2.05) is 0 Å². The minimum absolute atomic E-state index is 0.619. The maximum absolute atomic E-state index is 6.37. The van der Waals surface area contributed by atoms with Crippen LogP contribution in [0.4, 0.5) is 0 Å². The minimum atomic E-state index is -2.21. The maximum atomic E-state index is 6.37. The van der Waals surface area contributed by atoms with E-state index in [-0.39, 0.29) is 0 Å². The second kappa shape index (κ2) is 14.3. The van der Waals surface area contributed by atoms with Crippen LogP contribution in [0.1, 0.15) is 67.2 Å². The molecule has 0 atom stereocenters. The summed E-state index contributed by atoms with van der Waals surface area (Å²) in [6, 6.07) is 0. The fourth-order valence-electron chi connectivity index (χ4n) is 2.80. The lowest BCUT2D eigenvalue weighted by Gasteiger charge is -2.32. The average Bonchev–Trinajstić information content (AvgIpc) is 2.52. The predicted molar refractivity (Wildman–Crippen MR) is 133 cm³/mol. The van der Waals surface area contributed by atoms with Crippen molar-refractivity contribution in [1.29, 1.82) is 0 Å². The normalized spacial score (nSPS) is 13.4. The molecule has 0 aliphatic heterocycles. The first-order valence-corrected chi connectivity index (χ1v) is 16.5. The summed E-state index contributed by atoms with van der Waals surface area (Å²) in [5.41, 5.74) is 5.49. The molecule has 0 fully saturated rings. The lowest BCUT2D eigenvalue weighted by molar-refractivity contribution is 0.221. The van der Waals surface area contributed by atoms with E-state index in [1.54, 1.807) is 0 Å². The topological polar surface area (TPSA) is 27.7 Å². The van der Waals surface area contributed by atoms with Crippen molar-refractivity contribution in [2.24, 2.45) is 0 Å². The highest BCUT2D eigenvalue weighted by Gasteiger charge is 2.36. The van der Waals surface area contributed by atoms with Crippen molar-refractivity contribution in [1.82, 2.24) is 0 Å². The highest BCUT2D eigenvalue weighted by atomic mass is 28.5. The summed E-state index contributed by atoms with van der Waals surface area (Å²) in [7, 11) is -4.43. The predicted octanol–water partition coefficient (Wildman–Crippen LogP) is 7.83. The molecule has 0 aliphatic carbocycles. The van der Waals surface area contributed by atoms with E-state index in [0.717, 1.165) is 25.7 Å². The van der Waals surface area contributed by atoms with Crippen LogP contribution in [0.2, 0.25) is 26.2 Å². The molecule has 0 bridgehead atoms. The lowest BCUT2D eigenvalue weighted by Crippen LogP contribution is -2.48. The van der Waals surface area contributed by atoms with Crippen LogP contribution in [0.15, 0.2) is 46.6 Å².